The van der Waals surface area contributed by atoms with Crippen molar-refractivity contribution in [2.75, 3.05) is 0 Å². The molecule has 0 bridgehead atoms. The molecule has 0 amide bonds. The molecule has 0 radical (unpaired) electrons. The summed E-state index contributed by atoms with van der Waals surface area (Å²) in [7, 11) is 0. The topological polar surface area (TPSA) is 12.4 Å². The van der Waals surface area contributed by atoms with Crippen molar-refractivity contribution in [1.82, 2.24) is 0 Å². The Morgan fingerprint density at radius 1 is 0.727 bits per heavy atom. The molecular formula is C21H23N. The highest BCUT2D eigenvalue weighted by atomic mass is 14.7. The first kappa shape index (κ1) is 14.8. The van der Waals surface area contributed by atoms with Crippen molar-refractivity contribution >= 4 is 5.71 Å². The number of aliphatic imine (C=N–C) groups is 1. The Labute approximate surface area is 133 Å². The van der Waals surface area contributed by atoms with Gasteiger partial charge in [0, 0.05) is 12.1 Å². The van der Waals surface area contributed by atoms with Crippen LogP contribution in [0.15, 0.2) is 47.6 Å². The molecule has 1 aliphatic rings. The summed E-state index contributed by atoms with van der Waals surface area (Å²) >= 11 is 0. The number of hydrogen-bond donors (Lipinski definition) is 0. The SMILES string of the molecule is Cc1cc(C)cc(C2=NC=CC2c2c(C)cc(C)cc2C)c1. The highest BCUT2D eigenvalue weighted by molar-refractivity contribution is 6.08. The van der Waals surface area contributed by atoms with Gasteiger partial charge in [0.1, 0.15) is 0 Å². The maximum atomic E-state index is 4.69. The van der Waals surface area contributed by atoms with Gasteiger partial charge in [0.15, 0.2) is 0 Å². The fraction of sp³-hybridized carbons (Fsp3) is 0.286. The predicted molar refractivity (Wildman–Crippen MR) is 95.0 cm³/mol. The summed E-state index contributed by atoms with van der Waals surface area (Å²) in [5, 5.41) is 0. The van der Waals surface area contributed by atoms with Crippen LogP contribution in [0.4, 0.5) is 0 Å². The molecule has 22 heavy (non-hydrogen) atoms. The Morgan fingerprint density at radius 3 is 1.86 bits per heavy atom. The molecule has 1 heteroatoms. The van der Waals surface area contributed by atoms with Gasteiger partial charge in [0.2, 0.25) is 0 Å². The molecule has 1 atom stereocenters. The molecule has 1 unspecified atom stereocenters. The standard InChI is InChI=1S/C21H23N/c1-13-8-14(2)12-18(11-13)21-19(6-7-22-21)20-16(4)9-15(3)10-17(20)5/h6-12,19H,1-5H3. The van der Waals surface area contributed by atoms with Crippen LogP contribution in [0.2, 0.25) is 0 Å². The molecule has 2 aromatic rings. The minimum atomic E-state index is 0.266. The average molecular weight is 289 g/mol. The summed E-state index contributed by atoms with van der Waals surface area (Å²) in [5.41, 5.74) is 10.4. The van der Waals surface area contributed by atoms with Gasteiger partial charge in [0.25, 0.3) is 0 Å². The molecule has 2 aromatic carbocycles. The fourth-order valence-electron chi connectivity index (χ4n) is 3.67. The molecule has 0 fully saturated rings. The molecule has 112 valence electrons. The van der Waals surface area contributed by atoms with Crippen molar-refractivity contribution in [3.05, 3.63) is 81.6 Å². The van der Waals surface area contributed by atoms with Crippen LogP contribution in [0, 0.1) is 34.6 Å². The van der Waals surface area contributed by atoms with E-state index in [0.717, 1.165) is 0 Å². The molecule has 0 spiro atoms. The lowest BCUT2D eigenvalue weighted by Gasteiger charge is -2.19. The van der Waals surface area contributed by atoms with Crippen molar-refractivity contribution < 1.29 is 0 Å². The molecule has 1 heterocycles. The van der Waals surface area contributed by atoms with E-state index in [4.69, 9.17) is 0 Å². The van der Waals surface area contributed by atoms with E-state index in [2.05, 4.69) is 76.0 Å². The molecule has 0 saturated carbocycles. The van der Waals surface area contributed by atoms with Gasteiger partial charge in [-0.15, -0.1) is 0 Å². The third kappa shape index (κ3) is 2.64. The monoisotopic (exact) mass is 289 g/mol. The number of allylic oxidation sites excluding steroid dienone is 1. The molecule has 0 aliphatic carbocycles. The number of nitrogens with zero attached hydrogens (tertiary/aromatic N) is 1. The molecule has 1 aliphatic heterocycles. The van der Waals surface area contributed by atoms with Crippen molar-refractivity contribution in [1.29, 1.82) is 0 Å². The second-order valence-corrected chi connectivity index (χ2v) is 6.52. The highest BCUT2D eigenvalue weighted by Crippen LogP contribution is 2.33. The van der Waals surface area contributed by atoms with E-state index < -0.39 is 0 Å². The number of benzene rings is 2. The number of aryl methyl sites for hydroxylation is 5. The van der Waals surface area contributed by atoms with Gasteiger partial charge in [-0.1, -0.05) is 53.1 Å². The maximum absolute atomic E-state index is 4.69. The van der Waals surface area contributed by atoms with E-state index in [1.807, 2.05) is 6.20 Å². The van der Waals surface area contributed by atoms with Crippen molar-refractivity contribution in [3.63, 3.8) is 0 Å². The maximum Gasteiger partial charge on any atom is 0.0589 e. The zero-order valence-electron chi connectivity index (χ0n) is 14.1. The Bertz CT molecular complexity index is 750. The number of hydrogen-bond acceptors (Lipinski definition) is 1. The Hall–Kier alpha value is -2.15. The predicted octanol–water partition coefficient (Wildman–Crippen LogP) is 5.33. The second-order valence-electron chi connectivity index (χ2n) is 6.52. The Morgan fingerprint density at radius 2 is 1.27 bits per heavy atom. The van der Waals surface area contributed by atoms with Crippen LogP contribution in [-0.2, 0) is 0 Å². The van der Waals surface area contributed by atoms with Gasteiger partial charge in [0.05, 0.1) is 5.71 Å². The normalized spacial score (nSPS) is 17.0. The van der Waals surface area contributed by atoms with Gasteiger partial charge in [-0.25, -0.2) is 0 Å². The fourth-order valence-corrected chi connectivity index (χ4v) is 3.67. The van der Waals surface area contributed by atoms with Gasteiger partial charge in [-0.2, -0.15) is 0 Å². The van der Waals surface area contributed by atoms with Gasteiger partial charge in [-0.3, -0.25) is 4.99 Å². The average Bonchev–Trinajstić information content (AvgIpc) is 2.85. The summed E-state index contributed by atoms with van der Waals surface area (Å²) < 4.78 is 0. The third-order valence-corrected chi connectivity index (χ3v) is 4.35. The van der Waals surface area contributed by atoms with Gasteiger partial charge < -0.3 is 0 Å². The molecule has 0 N–H and O–H groups in total. The van der Waals surface area contributed by atoms with Crippen molar-refractivity contribution in [2.45, 2.75) is 40.5 Å². The van der Waals surface area contributed by atoms with Crippen LogP contribution in [0.5, 0.6) is 0 Å². The zero-order chi connectivity index (χ0) is 15.9. The summed E-state index contributed by atoms with van der Waals surface area (Å²) in [6.07, 6.45) is 4.17. The van der Waals surface area contributed by atoms with E-state index in [9.17, 15) is 0 Å². The first-order valence-corrected chi connectivity index (χ1v) is 7.86. The molecular weight excluding hydrogens is 266 g/mol. The van der Waals surface area contributed by atoms with E-state index in [-0.39, 0.29) is 5.92 Å². The van der Waals surface area contributed by atoms with Crippen LogP contribution in [0.1, 0.15) is 44.9 Å². The third-order valence-electron chi connectivity index (χ3n) is 4.35. The van der Waals surface area contributed by atoms with Crippen molar-refractivity contribution in [2.24, 2.45) is 4.99 Å². The van der Waals surface area contributed by atoms with Crippen molar-refractivity contribution in [3.8, 4) is 0 Å². The van der Waals surface area contributed by atoms with Crippen LogP contribution in [0.3, 0.4) is 0 Å². The van der Waals surface area contributed by atoms with E-state index >= 15 is 0 Å². The van der Waals surface area contributed by atoms with Crippen LogP contribution >= 0.6 is 0 Å². The first-order valence-electron chi connectivity index (χ1n) is 7.86. The van der Waals surface area contributed by atoms with Gasteiger partial charge >= 0.3 is 0 Å². The van der Waals surface area contributed by atoms with E-state index in [1.165, 1.54) is 44.7 Å². The lowest BCUT2D eigenvalue weighted by atomic mass is 9.84. The largest absolute Gasteiger partial charge is 0.260 e. The summed E-state index contributed by atoms with van der Waals surface area (Å²) in [6.45, 7) is 10.9. The first-order chi connectivity index (χ1) is 10.5. The summed E-state index contributed by atoms with van der Waals surface area (Å²) in [6, 6.07) is 11.2. The summed E-state index contributed by atoms with van der Waals surface area (Å²) in [4.78, 5) is 4.69. The smallest absolute Gasteiger partial charge is 0.0589 e. The minimum absolute atomic E-state index is 0.266. The molecule has 0 aromatic heterocycles. The zero-order valence-corrected chi connectivity index (χ0v) is 14.1. The Kier molecular flexibility index (Phi) is 3.74. The lowest BCUT2D eigenvalue weighted by molar-refractivity contribution is 1.09. The van der Waals surface area contributed by atoms with Gasteiger partial charge in [-0.05, 0) is 56.9 Å². The molecule has 1 nitrogen and oxygen atoms in total. The summed E-state index contributed by atoms with van der Waals surface area (Å²) in [5.74, 6) is 0.266. The minimum Gasteiger partial charge on any atom is -0.260 e. The Balaban J connectivity index is 2.09. The van der Waals surface area contributed by atoms with Crippen LogP contribution in [0.25, 0.3) is 0 Å². The quantitative estimate of drug-likeness (QED) is 0.708. The second kappa shape index (κ2) is 5.57. The van der Waals surface area contributed by atoms with Crippen LogP contribution in [-0.4, -0.2) is 5.71 Å². The lowest BCUT2D eigenvalue weighted by Crippen LogP contribution is -2.13. The number of rotatable bonds is 2. The van der Waals surface area contributed by atoms with E-state index in [1.54, 1.807) is 0 Å². The highest BCUT2D eigenvalue weighted by Gasteiger charge is 2.24. The molecule has 3 rings (SSSR count). The molecule has 0 saturated heterocycles. The van der Waals surface area contributed by atoms with E-state index in [0.29, 0.717) is 0 Å². The van der Waals surface area contributed by atoms with Crippen LogP contribution < -0.4 is 0 Å².